The number of rotatable bonds is 2. The first-order valence-electron chi connectivity index (χ1n) is 5.37. The number of nitrogens with one attached hydrogen (secondary N) is 1. The minimum absolute atomic E-state index is 0.0162. The molecule has 7 heteroatoms. The first kappa shape index (κ1) is 14.4. The van der Waals surface area contributed by atoms with Crippen molar-refractivity contribution in [1.82, 2.24) is 0 Å². The van der Waals surface area contributed by atoms with Crippen molar-refractivity contribution >= 4 is 34.8 Å². The molecule has 0 unspecified atom stereocenters. The SMILES string of the molecule is O=C(Nc1c(Cl)cc(F)cc1Cl)c1cccc(O)c1O. The van der Waals surface area contributed by atoms with Crippen LogP contribution < -0.4 is 5.32 Å². The average molecular weight is 316 g/mol. The van der Waals surface area contributed by atoms with Crippen molar-refractivity contribution in [1.29, 1.82) is 0 Å². The molecule has 0 aromatic heterocycles. The van der Waals surface area contributed by atoms with Crippen LogP contribution in [-0.2, 0) is 0 Å². The lowest BCUT2D eigenvalue weighted by atomic mass is 10.1. The van der Waals surface area contributed by atoms with Gasteiger partial charge in [0.1, 0.15) is 5.82 Å². The number of hydrogen-bond donors (Lipinski definition) is 3. The van der Waals surface area contributed by atoms with Gasteiger partial charge in [0.25, 0.3) is 5.91 Å². The molecule has 0 radical (unpaired) electrons. The molecule has 0 bridgehead atoms. The number of amides is 1. The van der Waals surface area contributed by atoms with Crippen molar-refractivity contribution in [2.45, 2.75) is 0 Å². The standard InChI is InChI=1S/C13H8Cl2FNO3/c14-8-4-6(16)5-9(15)11(8)17-13(20)7-2-1-3-10(18)12(7)19/h1-5,18-19H,(H,17,20). The molecule has 2 rings (SSSR count). The van der Waals surface area contributed by atoms with Gasteiger partial charge < -0.3 is 15.5 Å². The lowest BCUT2D eigenvalue weighted by Crippen LogP contribution is -2.13. The van der Waals surface area contributed by atoms with E-state index in [0.717, 1.165) is 12.1 Å². The summed E-state index contributed by atoms with van der Waals surface area (Å²) in [5, 5.41) is 21.1. The summed E-state index contributed by atoms with van der Waals surface area (Å²) in [7, 11) is 0. The van der Waals surface area contributed by atoms with Gasteiger partial charge in [0.2, 0.25) is 0 Å². The Balaban J connectivity index is 2.36. The maximum absolute atomic E-state index is 13.0. The van der Waals surface area contributed by atoms with Crippen LogP contribution in [0, 0.1) is 5.82 Å². The van der Waals surface area contributed by atoms with Crippen LogP contribution in [0.4, 0.5) is 10.1 Å². The topological polar surface area (TPSA) is 69.6 Å². The van der Waals surface area contributed by atoms with Gasteiger partial charge in [-0.1, -0.05) is 29.3 Å². The van der Waals surface area contributed by atoms with E-state index in [1.54, 1.807) is 0 Å². The molecule has 0 spiro atoms. The fraction of sp³-hybridized carbons (Fsp3) is 0. The van der Waals surface area contributed by atoms with Crippen LogP contribution >= 0.6 is 23.2 Å². The summed E-state index contributed by atoms with van der Waals surface area (Å²) in [6.07, 6.45) is 0. The Kier molecular flexibility index (Phi) is 4.01. The number of phenols is 2. The zero-order chi connectivity index (χ0) is 14.9. The molecule has 104 valence electrons. The predicted octanol–water partition coefficient (Wildman–Crippen LogP) is 3.80. The van der Waals surface area contributed by atoms with E-state index >= 15 is 0 Å². The van der Waals surface area contributed by atoms with Crippen molar-refractivity contribution in [3.05, 3.63) is 51.8 Å². The summed E-state index contributed by atoms with van der Waals surface area (Å²) in [6, 6.07) is 5.90. The molecule has 0 fully saturated rings. The van der Waals surface area contributed by atoms with Gasteiger partial charge in [-0.25, -0.2) is 4.39 Å². The van der Waals surface area contributed by atoms with Crippen molar-refractivity contribution in [3.8, 4) is 11.5 Å². The van der Waals surface area contributed by atoms with Gasteiger partial charge in [0, 0.05) is 0 Å². The fourth-order valence-corrected chi connectivity index (χ4v) is 2.11. The first-order chi connectivity index (χ1) is 9.40. The number of anilines is 1. The molecule has 0 heterocycles. The Morgan fingerprint density at radius 3 is 2.35 bits per heavy atom. The lowest BCUT2D eigenvalue weighted by Gasteiger charge is -2.10. The largest absolute Gasteiger partial charge is 0.504 e. The third kappa shape index (κ3) is 2.79. The van der Waals surface area contributed by atoms with E-state index in [0.29, 0.717) is 0 Å². The summed E-state index contributed by atoms with van der Waals surface area (Å²) in [6.45, 7) is 0. The van der Waals surface area contributed by atoms with Gasteiger partial charge in [-0.3, -0.25) is 4.79 Å². The maximum atomic E-state index is 13.0. The van der Waals surface area contributed by atoms with Crippen LogP contribution in [0.25, 0.3) is 0 Å². The van der Waals surface area contributed by atoms with Crippen LogP contribution in [0.15, 0.2) is 30.3 Å². The Labute approximate surface area is 123 Å². The number of aromatic hydroxyl groups is 2. The predicted molar refractivity (Wildman–Crippen MR) is 74.1 cm³/mol. The van der Waals surface area contributed by atoms with Crippen molar-refractivity contribution in [2.24, 2.45) is 0 Å². The fourth-order valence-electron chi connectivity index (χ4n) is 1.56. The molecule has 1 amide bonds. The van der Waals surface area contributed by atoms with E-state index in [2.05, 4.69) is 5.32 Å². The quantitative estimate of drug-likeness (QED) is 0.738. The van der Waals surface area contributed by atoms with E-state index < -0.39 is 23.2 Å². The molecule has 0 atom stereocenters. The average Bonchev–Trinajstić information content (AvgIpc) is 2.36. The number of hydrogen-bond acceptors (Lipinski definition) is 3. The lowest BCUT2D eigenvalue weighted by molar-refractivity contribution is 0.102. The molecule has 2 aromatic rings. The molecule has 4 nitrogen and oxygen atoms in total. The van der Waals surface area contributed by atoms with Gasteiger partial charge in [-0.05, 0) is 24.3 Å². The molecule has 20 heavy (non-hydrogen) atoms. The van der Waals surface area contributed by atoms with Crippen LogP contribution in [0.2, 0.25) is 10.0 Å². The summed E-state index contributed by atoms with van der Waals surface area (Å²) < 4.78 is 13.0. The second-order valence-electron chi connectivity index (χ2n) is 3.87. The van der Waals surface area contributed by atoms with Crippen LogP contribution in [0.3, 0.4) is 0 Å². The highest BCUT2D eigenvalue weighted by molar-refractivity contribution is 6.40. The highest BCUT2D eigenvalue weighted by atomic mass is 35.5. The molecule has 0 saturated carbocycles. The maximum Gasteiger partial charge on any atom is 0.259 e. The number of carbonyl (C=O) groups is 1. The summed E-state index contributed by atoms with van der Waals surface area (Å²) >= 11 is 11.6. The summed E-state index contributed by atoms with van der Waals surface area (Å²) in [5.41, 5.74) is -0.149. The normalized spacial score (nSPS) is 10.3. The van der Waals surface area contributed by atoms with E-state index in [1.807, 2.05) is 0 Å². The Bertz CT molecular complexity index is 668. The Hall–Kier alpha value is -1.98. The van der Waals surface area contributed by atoms with Crippen molar-refractivity contribution < 1.29 is 19.4 Å². The van der Waals surface area contributed by atoms with E-state index in [1.165, 1.54) is 18.2 Å². The number of benzene rings is 2. The molecule has 0 aliphatic heterocycles. The molecular weight excluding hydrogens is 308 g/mol. The second-order valence-corrected chi connectivity index (χ2v) is 4.69. The minimum atomic E-state index is -0.742. The zero-order valence-corrected chi connectivity index (χ0v) is 11.3. The summed E-state index contributed by atoms with van der Waals surface area (Å²) in [4.78, 5) is 12.0. The number of halogens is 3. The zero-order valence-electron chi connectivity index (χ0n) is 9.82. The number of carbonyl (C=O) groups excluding carboxylic acids is 1. The smallest absolute Gasteiger partial charge is 0.259 e. The molecule has 3 N–H and O–H groups in total. The molecule has 0 aliphatic carbocycles. The van der Waals surface area contributed by atoms with Crippen molar-refractivity contribution in [2.75, 3.05) is 5.32 Å². The Morgan fingerprint density at radius 2 is 1.75 bits per heavy atom. The molecule has 0 saturated heterocycles. The molecular formula is C13H8Cl2FNO3. The van der Waals surface area contributed by atoms with Crippen LogP contribution in [-0.4, -0.2) is 16.1 Å². The third-order valence-electron chi connectivity index (χ3n) is 2.50. The van der Waals surface area contributed by atoms with Crippen molar-refractivity contribution in [3.63, 3.8) is 0 Å². The minimum Gasteiger partial charge on any atom is -0.504 e. The molecule has 0 aliphatic rings. The second kappa shape index (κ2) is 5.56. The summed E-state index contributed by atoms with van der Waals surface area (Å²) in [5.74, 6) is -2.39. The monoisotopic (exact) mass is 315 g/mol. The first-order valence-corrected chi connectivity index (χ1v) is 6.12. The van der Waals surface area contributed by atoms with Crippen LogP contribution in [0.5, 0.6) is 11.5 Å². The Morgan fingerprint density at radius 1 is 1.15 bits per heavy atom. The van der Waals surface area contributed by atoms with E-state index in [4.69, 9.17) is 23.2 Å². The van der Waals surface area contributed by atoms with Crippen LogP contribution in [0.1, 0.15) is 10.4 Å². The highest BCUT2D eigenvalue weighted by Crippen LogP contribution is 2.33. The third-order valence-corrected chi connectivity index (χ3v) is 3.10. The van der Waals surface area contributed by atoms with Gasteiger partial charge in [0.15, 0.2) is 11.5 Å². The molecule has 2 aromatic carbocycles. The number of para-hydroxylation sites is 1. The van der Waals surface area contributed by atoms with E-state index in [9.17, 15) is 19.4 Å². The van der Waals surface area contributed by atoms with Gasteiger partial charge in [-0.2, -0.15) is 0 Å². The number of phenolic OH excluding ortho intramolecular Hbond substituents is 2. The van der Waals surface area contributed by atoms with Gasteiger partial charge in [0.05, 0.1) is 21.3 Å². The van der Waals surface area contributed by atoms with Gasteiger partial charge in [-0.15, -0.1) is 0 Å². The highest BCUT2D eigenvalue weighted by Gasteiger charge is 2.17. The van der Waals surface area contributed by atoms with Gasteiger partial charge >= 0.3 is 0 Å². The van der Waals surface area contributed by atoms with E-state index in [-0.39, 0.29) is 21.3 Å².